The average molecular weight is 268 g/mol. The zero-order valence-electron chi connectivity index (χ0n) is 12.0. The fourth-order valence-electron chi connectivity index (χ4n) is 1.86. The highest BCUT2D eigenvalue weighted by Crippen LogP contribution is 2.08. The highest BCUT2D eigenvalue weighted by Gasteiger charge is 2.09. The summed E-state index contributed by atoms with van der Waals surface area (Å²) in [6.07, 6.45) is 4.87. The van der Waals surface area contributed by atoms with E-state index in [1.165, 1.54) is 11.1 Å². The van der Waals surface area contributed by atoms with Crippen LogP contribution in [0.15, 0.2) is 6.20 Å². The molecule has 0 bridgehead atoms. The van der Waals surface area contributed by atoms with Crippen LogP contribution in [0.4, 0.5) is 0 Å². The molecule has 0 radical (unpaired) electrons. The average Bonchev–Trinajstić information content (AvgIpc) is 2.75. The van der Waals surface area contributed by atoms with Gasteiger partial charge in [0.05, 0.1) is 12.8 Å². The first-order chi connectivity index (χ1) is 9.01. The van der Waals surface area contributed by atoms with Gasteiger partial charge in [-0.05, 0) is 19.3 Å². The van der Waals surface area contributed by atoms with Crippen LogP contribution in [0.2, 0.25) is 0 Å². The summed E-state index contributed by atoms with van der Waals surface area (Å²) < 4.78 is 1.43. The maximum Gasteiger partial charge on any atom is 0.242 e. The fourth-order valence-corrected chi connectivity index (χ4v) is 1.86. The molecule has 6 nitrogen and oxygen atoms in total. The molecule has 0 aromatic carbocycles. The Balaban J connectivity index is 2.26. The second kappa shape index (κ2) is 7.89. The van der Waals surface area contributed by atoms with E-state index in [4.69, 9.17) is 5.11 Å². The summed E-state index contributed by atoms with van der Waals surface area (Å²) in [7, 11) is 0. The molecule has 108 valence electrons. The van der Waals surface area contributed by atoms with Gasteiger partial charge >= 0.3 is 0 Å². The minimum Gasteiger partial charge on any atom is -0.390 e. The van der Waals surface area contributed by atoms with E-state index in [0.29, 0.717) is 11.6 Å². The third kappa shape index (κ3) is 6.33. The molecule has 0 saturated heterocycles. The predicted octanol–water partition coefficient (Wildman–Crippen LogP) is 1.10. The van der Waals surface area contributed by atoms with Gasteiger partial charge in [0.2, 0.25) is 5.91 Å². The maximum absolute atomic E-state index is 11.8. The number of nitrogens with one attached hydrogen (secondary N) is 1. The Hall–Kier alpha value is -1.43. The van der Waals surface area contributed by atoms with Crippen LogP contribution < -0.4 is 5.32 Å². The highest BCUT2D eigenvalue weighted by atomic mass is 16.3. The van der Waals surface area contributed by atoms with Gasteiger partial charge in [0.15, 0.2) is 0 Å². The van der Waals surface area contributed by atoms with Crippen LogP contribution >= 0.6 is 0 Å². The van der Waals surface area contributed by atoms with Crippen LogP contribution in [-0.2, 0) is 17.9 Å². The Morgan fingerprint density at radius 3 is 2.74 bits per heavy atom. The van der Waals surface area contributed by atoms with E-state index in [0.717, 1.165) is 12.8 Å². The van der Waals surface area contributed by atoms with Crippen molar-refractivity contribution < 1.29 is 9.90 Å². The minimum absolute atomic E-state index is 0.0774. The highest BCUT2D eigenvalue weighted by molar-refractivity contribution is 5.75. The Labute approximate surface area is 114 Å². The molecule has 0 aliphatic carbocycles. The minimum atomic E-state index is -0.160. The Morgan fingerprint density at radius 2 is 2.16 bits per heavy atom. The molecule has 19 heavy (non-hydrogen) atoms. The first kappa shape index (κ1) is 15.6. The third-order valence-corrected chi connectivity index (χ3v) is 2.88. The van der Waals surface area contributed by atoms with Gasteiger partial charge in [-0.2, -0.15) is 0 Å². The van der Waals surface area contributed by atoms with Gasteiger partial charge < -0.3 is 10.4 Å². The van der Waals surface area contributed by atoms with E-state index in [2.05, 4.69) is 29.5 Å². The van der Waals surface area contributed by atoms with Crippen LogP contribution in [0.5, 0.6) is 0 Å². The molecular weight excluding hydrogens is 244 g/mol. The molecule has 1 aromatic heterocycles. The molecule has 0 saturated carbocycles. The van der Waals surface area contributed by atoms with Gasteiger partial charge in [0.25, 0.3) is 0 Å². The van der Waals surface area contributed by atoms with E-state index in [-0.39, 0.29) is 25.1 Å². The summed E-state index contributed by atoms with van der Waals surface area (Å²) in [6.45, 7) is 6.40. The maximum atomic E-state index is 11.8. The number of aromatic nitrogens is 3. The number of rotatable bonds is 8. The quantitative estimate of drug-likeness (QED) is 0.740. The van der Waals surface area contributed by atoms with Gasteiger partial charge in [-0.25, -0.2) is 4.68 Å². The number of aliphatic hydroxyl groups excluding tert-OH is 1. The zero-order chi connectivity index (χ0) is 14.3. The van der Waals surface area contributed by atoms with Crippen LogP contribution in [0.1, 0.15) is 45.7 Å². The van der Waals surface area contributed by atoms with Crippen molar-refractivity contribution >= 4 is 5.91 Å². The topological polar surface area (TPSA) is 80.0 Å². The number of hydrogen-bond acceptors (Lipinski definition) is 4. The summed E-state index contributed by atoms with van der Waals surface area (Å²) in [6, 6.07) is 0.173. The molecule has 0 spiro atoms. The summed E-state index contributed by atoms with van der Waals surface area (Å²) in [5.74, 6) is 0.626. The van der Waals surface area contributed by atoms with Crippen LogP contribution in [0, 0.1) is 5.92 Å². The first-order valence-corrected chi connectivity index (χ1v) is 6.80. The van der Waals surface area contributed by atoms with E-state index in [1.54, 1.807) is 6.20 Å². The van der Waals surface area contributed by atoms with Crippen molar-refractivity contribution in [3.63, 3.8) is 0 Å². The molecule has 6 heteroatoms. The summed E-state index contributed by atoms with van der Waals surface area (Å²) in [5.41, 5.74) is 0.470. The molecule has 0 fully saturated rings. The van der Waals surface area contributed by atoms with Crippen molar-refractivity contribution in [1.82, 2.24) is 20.3 Å². The largest absolute Gasteiger partial charge is 0.390 e. The van der Waals surface area contributed by atoms with Gasteiger partial charge in [-0.1, -0.05) is 31.9 Å². The second-order valence-corrected chi connectivity index (χ2v) is 5.36. The lowest BCUT2D eigenvalue weighted by Crippen LogP contribution is -2.35. The number of hydrogen-bond donors (Lipinski definition) is 2. The first-order valence-electron chi connectivity index (χ1n) is 6.80. The molecule has 0 aliphatic heterocycles. The lowest BCUT2D eigenvalue weighted by molar-refractivity contribution is -0.122. The monoisotopic (exact) mass is 268 g/mol. The number of nitrogens with zero attached hydrogens (tertiary/aromatic N) is 3. The van der Waals surface area contributed by atoms with Gasteiger partial charge in [0.1, 0.15) is 12.2 Å². The normalized spacial score (nSPS) is 12.7. The van der Waals surface area contributed by atoms with E-state index >= 15 is 0 Å². The summed E-state index contributed by atoms with van der Waals surface area (Å²) >= 11 is 0. The van der Waals surface area contributed by atoms with E-state index in [1.807, 2.05) is 6.92 Å². The Morgan fingerprint density at radius 1 is 1.42 bits per heavy atom. The standard InChI is InChI=1S/C13H24N4O2/c1-10(2)5-4-6-11(3)14-13(19)8-17-7-12(9-18)15-16-17/h7,10-11,18H,4-6,8-9H2,1-3H3,(H,14,19). The molecule has 0 aliphatic rings. The van der Waals surface area contributed by atoms with Crippen molar-refractivity contribution in [3.05, 3.63) is 11.9 Å². The van der Waals surface area contributed by atoms with E-state index < -0.39 is 0 Å². The SMILES string of the molecule is CC(C)CCCC(C)NC(=O)Cn1cc(CO)nn1. The molecule has 1 rings (SSSR count). The lowest BCUT2D eigenvalue weighted by atomic mass is 10.0. The molecule has 1 atom stereocenters. The molecule has 2 N–H and O–H groups in total. The number of carbonyl (C=O) groups is 1. The van der Waals surface area contributed by atoms with Gasteiger partial charge in [-0.15, -0.1) is 5.10 Å². The summed E-state index contributed by atoms with van der Waals surface area (Å²) in [5, 5.41) is 19.3. The molecular formula is C13H24N4O2. The van der Waals surface area contributed by atoms with Crippen molar-refractivity contribution in [2.45, 2.75) is 59.2 Å². The number of carbonyl (C=O) groups excluding carboxylic acids is 1. The van der Waals surface area contributed by atoms with Gasteiger partial charge in [0, 0.05) is 6.04 Å². The zero-order valence-corrected chi connectivity index (χ0v) is 12.0. The van der Waals surface area contributed by atoms with Crippen molar-refractivity contribution in [2.24, 2.45) is 5.92 Å². The Kier molecular flexibility index (Phi) is 6.49. The number of aliphatic hydroxyl groups is 1. The van der Waals surface area contributed by atoms with E-state index in [9.17, 15) is 4.79 Å². The summed E-state index contributed by atoms with van der Waals surface area (Å²) in [4.78, 5) is 11.8. The van der Waals surface area contributed by atoms with Crippen LogP contribution in [0.3, 0.4) is 0 Å². The molecule has 1 unspecified atom stereocenters. The number of amides is 1. The molecule has 1 amide bonds. The van der Waals surface area contributed by atoms with Crippen LogP contribution in [0.25, 0.3) is 0 Å². The molecule has 1 aromatic rings. The Bertz CT molecular complexity index is 390. The van der Waals surface area contributed by atoms with Crippen molar-refractivity contribution in [3.8, 4) is 0 Å². The van der Waals surface area contributed by atoms with Crippen molar-refractivity contribution in [2.75, 3.05) is 0 Å². The predicted molar refractivity (Wildman–Crippen MR) is 72.2 cm³/mol. The fraction of sp³-hybridized carbons (Fsp3) is 0.769. The van der Waals surface area contributed by atoms with Gasteiger partial charge in [-0.3, -0.25) is 4.79 Å². The smallest absolute Gasteiger partial charge is 0.242 e. The lowest BCUT2D eigenvalue weighted by Gasteiger charge is -2.14. The second-order valence-electron chi connectivity index (χ2n) is 5.36. The van der Waals surface area contributed by atoms with Crippen molar-refractivity contribution in [1.29, 1.82) is 0 Å². The molecule has 1 heterocycles. The third-order valence-electron chi connectivity index (χ3n) is 2.88. The van der Waals surface area contributed by atoms with Crippen LogP contribution in [-0.4, -0.2) is 32.0 Å².